The normalized spacial score (nSPS) is 19.0. The van der Waals surface area contributed by atoms with Crippen LogP contribution in [0, 0.1) is 18.3 Å². The lowest BCUT2D eigenvalue weighted by Crippen LogP contribution is -2.46. The van der Waals surface area contributed by atoms with Gasteiger partial charge in [0.2, 0.25) is 17.7 Å². The number of carbonyl (C=O) groups excluding carboxylic acids is 1. The summed E-state index contributed by atoms with van der Waals surface area (Å²) in [7, 11) is 0. The Balaban J connectivity index is 1.85. The molecule has 2 aromatic carbocycles. The maximum Gasteiger partial charge on any atom is 0.247 e. The molecule has 8 heteroatoms. The van der Waals surface area contributed by atoms with Gasteiger partial charge < -0.3 is 15.4 Å². The van der Waals surface area contributed by atoms with Crippen LogP contribution in [0.25, 0.3) is 5.69 Å². The quantitative estimate of drug-likeness (QED) is 0.563. The summed E-state index contributed by atoms with van der Waals surface area (Å²) in [5.41, 5.74) is 8.43. The van der Waals surface area contributed by atoms with E-state index in [0.29, 0.717) is 23.7 Å². The number of aromatic nitrogens is 2. The molecule has 2 aliphatic heterocycles. The van der Waals surface area contributed by atoms with E-state index in [4.69, 9.17) is 15.6 Å². The van der Waals surface area contributed by atoms with Crippen LogP contribution in [0.1, 0.15) is 23.2 Å². The second kappa shape index (κ2) is 7.53. The highest BCUT2D eigenvalue weighted by atomic mass is 79.9. The summed E-state index contributed by atoms with van der Waals surface area (Å²) >= 11 is 3.45. The topological polar surface area (TPSA) is 97.2 Å². The lowest BCUT2D eigenvalue weighted by atomic mass is 9.69. The minimum atomic E-state index is -1.40. The maximum absolute atomic E-state index is 14.2. The number of halogens is 1. The van der Waals surface area contributed by atoms with Crippen molar-refractivity contribution in [2.45, 2.75) is 18.8 Å². The number of para-hydroxylation sites is 2. The van der Waals surface area contributed by atoms with Gasteiger partial charge in [-0.05, 0) is 31.5 Å². The van der Waals surface area contributed by atoms with Gasteiger partial charge in [0.1, 0.15) is 17.1 Å². The highest BCUT2D eigenvalue weighted by molar-refractivity contribution is 9.09. The standard InChI is InChI=1S/C24H20BrN5O2/c1-15-20-22(30(28-15)16-8-3-2-4-9-16)32-21(27)18(14-26)24(20)17-10-5-6-11-19(17)29(23(24)31)13-7-12-25/h2-6,8-11H,7,12-13,27H2,1H3. The molecule has 0 radical (unpaired) electrons. The lowest BCUT2D eigenvalue weighted by Gasteiger charge is -2.33. The second-order valence-corrected chi connectivity index (χ2v) is 8.53. The number of aryl methyl sites for hydroxylation is 1. The van der Waals surface area contributed by atoms with E-state index in [9.17, 15) is 10.1 Å². The number of fused-ring (bicyclic) bond motifs is 4. The number of nitrogens with two attached hydrogens (primary N) is 1. The Morgan fingerprint density at radius 2 is 1.91 bits per heavy atom. The van der Waals surface area contributed by atoms with Crippen molar-refractivity contribution in [3.8, 4) is 17.6 Å². The molecule has 1 amide bonds. The summed E-state index contributed by atoms with van der Waals surface area (Å²) < 4.78 is 7.61. The molecule has 2 aliphatic rings. The van der Waals surface area contributed by atoms with E-state index in [0.717, 1.165) is 28.7 Å². The number of benzene rings is 2. The van der Waals surface area contributed by atoms with Gasteiger partial charge in [-0.2, -0.15) is 10.4 Å². The van der Waals surface area contributed by atoms with Crippen molar-refractivity contribution in [1.82, 2.24) is 9.78 Å². The molecule has 160 valence electrons. The molecule has 0 fully saturated rings. The highest BCUT2D eigenvalue weighted by Crippen LogP contribution is 2.56. The SMILES string of the molecule is Cc1nn(-c2ccccc2)c2c1C1(C(=O)N(CCCBr)c3ccccc31)C(C#N)=C(N)O2. The molecule has 0 bridgehead atoms. The Morgan fingerprint density at radius 1 is 1.19 bits per heavy atom. The van der Waals surface area contributed by atoms with Crippen molar-refractivity contribution in [2.24, 2.45) is 5.73 Å². The summed E-state index contributed by atoms with van der Waals surface area (Å²) in [6.45, 7) is 2.35. The number of hydrogen-bond acceptors (Lipinski definition) is 5. The van der Waals surface area contributed by atoms with E-state index >= 15 is 0 Å². The van der Waals surface area contributed by atoms with Crippen LogP contribution in [0.5, 0.6) is 5.88 Å². The minimum absolute atomic E-state index is 0.0809. The largest absolute Gasteiger partial charge is 0.422 e. The number of alkyl halides is 1. The zero-order chi connectivity index (χ0) is 22.5. The number of nitrogens with zero attached hydrogens (tertiary/aromatic N) is 4. The first-order chi connectivity index (χ1) is 15.6. The molecule has 3 heterocycles. The average molecular weight is 490 g/mol. The van der Waals surface area contributed by atoms with E-state index < -0.39 is 5.41 Å². The molecule has 32 heavy (non-hydrogen) atoms. The zero-order valence-corrected chi connectivity index (χ0v) is 19.0. The summed E-state index contributed by atoms with van der Waals surface area (Å²) in [6, 6.07) is 19.3. The molecule has 1 atom stereocenters. The summed E-state index contributed by atoms with van der Waals surface area (Å²) in [6.07, 6.45) is 0.767. The average Bonchev–Trinajstić information content (AvgIpc) is 3.26. The molecule has 1 spiro atoms. The molecule has 0 saturated carbocycles. The van der Waals surface area contributed by atoms with Gasteiger partial charge in [0.15, 0.2) is 0 Å². The van der Waals surface area contributed by atoms with E-state index in [1.807, 2.05) is 61.5 Å². The number of carbonyl (C=O) groups is 1. The Labute approximate surface area is 193 Å². The Bertz CT molecular complexity index is 1310. The highest BCUT2D eigenvalue weighted by Gasteiger charge is 2.61. The molecule has 0 aliphatic carbocycles. The van der Waals surface area contributed by atoms with Gasteiger partial charge in [-0.1, -0.05) is 52.3 Å². The third-order valence-electron chi connectivity index (χ3n) is 6.01. The van der Waals surface area contributed by atoms with Crippen LogP contribution in [0.15, 0.2) is 66.1 Å². The molecule has 1 unspecified atom stereocenters. The molecule has 2 N–H and O–H groups in total. The number of anilines is 1. The third-order valence-corrected chi connectivity index (χ3v) is 6.57. The number of hydrogen-bond donors (Lipinski definition) is 1. The van der Waals surface area contributed by atoms with Gasteiger partial charge in [-0.15, -0.1) is 0 Å². The van der Waals surface area contributed by atoms with Gasteiger partial charge in [0.05, 0.1) is 16.9 Å². The van der Waals surface area contributed by atoms with Crippen LogP contribution in [0.3, 0.4) is 0 Å². The number of rotatable bonds is 4. The summed E-state index contributed by atoms with van der Waals surface area (Å²) in [5.74, 6) is 0.0673. The van der Waals surface area contributed by atoms with Crippen molar-refractivity contribution >= 4 is 27.5 Å². The fourth-order valence-electron chi connectivity index (χ4n) is 4.76. The molecule has 1 aromatic heterocycles. The first-order valence-corrected chi connectivity index (χ1v) is 11.4. The van der Waals surface area contributed by atoms with Crippen molar-refractivity contribution in [3.63, 3.8) is 0 Å². The maximum atomic E-state index is 14.2. The zero-order valence-electron chi connectivity index (χ0n) is 17.4. The Kier molecular flexibility index (Phi) is 4.79. The van der Waals surface area contributed by atoms with Crippen LogP contribution < -0.4 is 15.4 Å². The van der Waals surface area contributed by atoms with E-state index in [1.165, 1.54) is 0 Å². The fourth-order valence-corrected chi connectivity index (χ4v) is 5.01. The van der Waals surface area contributed by atoms with Gasteiger partial charge in [-0.25, -0.2) is 4.68 Å². The second-order valence-electron chi connectivity index (χ2n) is 7.73. The summed E-state index contributed by atoms with van der Waals surface area (Å²) in [4.78, 5) is 15.9. The van der Waals surface area contributed by atoms with E-state index in [1.54, 1.807) is 9.58 Å². The molecule has 3 aromatic rings. The van der Waals surface area contributed by atoms with Gasteiger partial charge in [0.25, 0.3) is 0 Å². The monoisotopic (exact) mass is 489 g/mol. The predicted molar refractivity (Wildman–Crippen MR) is 124 cm³/mol. The molecule has 0 saturated heterocycles. The minimum Gasteiger partial charge on any atom is -0.422 e. The van der Waals surface area contributed by atoms with Gasteiger partial charge in [0, 0.05) is 23.1 Å². The van der Waals surface area contributed by atoms with Crippen LogP contribution in [-0.4, -0.2) is 27.6 Å². The number of amides is 1. The van der Waals surface area contributed by atoms with Crippen LogP contribution in [-0.2, 0) is 10.2 Å². The Hall–Kier alpha value is -3.57. The van der Waals surface area contributed by atoms with Crippen molar-refractivity contribution < 1.29 is 9.53 Å². The van der Waals surface area contributed by atoms with Crippen molar-refractivity contribution in [3.05, 3.63) is 82.9 Å². The fraction of sp³-hybridized carbons (Fsp3) is 0.208. The number of nitriles is 1. The van der Waals surface area contributed by atoms with Crippen LogP contribution in [0.2, 0.25) is 0 Å². The molecular formula is C24H20BrN5O2. The molecule has 7 nitrogen and oxygen atoms in total. The predicted octanol–water partition coefficient (Wildman–Crippen LogP) is 3.68. The number of ether oxygens (including phenoxy) is 1. The first kappa shape index (κ1) is 20.3. The first-order valence-electron chi connectivity index (χ1n) is 10.3. The molecular weight excluding hydrogens is 470 g/mol. The third kappa shape index (κ3) is 2.58. The van der Waals surface area contributed by atoms with E-state index in [-0.39, 0.29) is 17.4 Å². The van der Waals surface area contributed by atoms with Gasteiger partial charge in [-0.3, -0.25) is 4.79 Å². The van der Waals surface area contributed by atoms with Crippen LogP contribution >= 0.6 is 15.9 Å². The Morgan fingerprint density at radius 3 is 2.62 bits per heavy atom. The van der Waals surface area contributed by atoms with Crippen molar-refractivity contribution in [1.29, 1.82) is 5.26 Å². The smallest absolute Gasteiger partial charge is 0.247 e. The van der Waals surface area contributed by atoms with Crippen molar-refractivity contribution in [2.75, 3.05) is 16.8 Å². The van der Waals surface area contributed by atoms with Gasteiger partial charge >= 0.3 is 0 Å². The van der Waals surface area contributed by atoms with Crippen LogP contribution in [0.4, 0.5) is 5.69 Å². The molecule has 5 rings (SSSR count). The lowest BCUT2D eigenvalue weighted by molar-refractivity contribution is -0.121. The summed E-state index contributed by atoms with van der Waals surface area (Å²) in [5, 5.41) is 15.6. The van der Waals surface area contributed by atoms with E-state index in [2.05, 4.69) is 22.0 Å².